The second-order valence-electron chi connectivity index (χ2n) is 8.43. The van der Waals surface area contributed by atoms with E-state index in [0.717, 1.165) is 29.4 Å². The van der Waals surface area contributed by atoms with Crippen molar-refractivity contribution in [2.45, 2.75) is 25.6 Å². The molecule has 0 bridgehead atoms. The largest absolute Gasteiger partial charge is 0.487 e. The Balaban J connectivity index is 1.14. The Labute approximate surface area is 192 Å². The van der Waals surface area contributed by atoms with Crippen LogP contribution in [0, 0.1) is 0 Å². The van der Waals surface area contributed by atoms with Crippen LogP contribution in [0.4, 0.5) is 0 Å². The number of nitrogens with zero attached hydrogens (tertiary/aromatic N) is 3. The molecule has 1 aromatic heterocycles. The number of para-hydroxylation sites is 1. The Morgan fingerprint density at radius 1 is 0.939 bits per heavy atom. The molecular formula is C26H27N3O4. The maximum absolute atomic E-state index is 12.9. The summed E-state index contributed by atoms with van der Waals surface area (Å²) in [6.07, 6.45) is 1.43. The minimum atomic E-state index is -0.301. The van der Waals surface area contributed by atoms with Crippen molar-refractivity contribution in [3.8, 4) is 5.75 Å². The van der Waals surface area contributed by atoms with Crippen LogP contribution in [0.3, 0.4) is 0 Å². The Morgan fingerprint density at radius 3 is 2.45 bits per heavy atom. The molecule has 3 aromatic rings. The van der Waals surface area contributed by atoms with Crippen molar-refractivity contribution in [3.05, 3.63) is 71.9 Å². The van der Waals surface area contributed by atoms with Crippen LogP contribution in [0.15, 0.2) is 60.7 Å². The third kappa shape index (κ3) is 4.83. The molecule has 0 radical (unpaired) electrons. The Hall–Kier alpha value is -3.45. The minimum Gasteiger partial charge on any atom is -0.487 e. The van der Waals surface area contributed by atoms with E-state index in [4.69, 9.17) is 9.47 Å². The van der Waals surface area contributed by atoms with Gasteiger partial charge in [-0.3, -0.25) is 9.59 Å². The lowest BCUT2D eigenvalue weighted by Crippen LogP contribution is -2.52. The van der Waals surface area contributed by atoms with Crippen molar-refractivity contribution in [1.82, 2.24) is 14.8 Å². The number of rotatable bonds is 5. The molecule has 170 valence electrons. The molecule has 2 aromatic carbocycles. The molecule has 2 aliphatic rings. The zero-order valence-corrected chi connectivity index (χ0v) is 18.5. The van der Waals surface area contributed by atoms with Crippen LogP contribution in [0.2, 0.25) is 0 Å². The second-order valence-corrected chi connectivity index (χ2v) is 8.43. The molecule has 1 unspecified atom stereocenters. The van der Waals surface area contributed by atoms with E-state index in [1.54, 1.807) is 17.0 Å². The molecule has 3 heterocycles. The van der Waals surface area contributed by atoms with Crippen molar-refractivity contribution >= 4 is 22.7 Å². The summed E-state index contributed by atoms with van der Waals surface area (Å²) < 4.78 is 11.4. The fraction of sp³-hybridized carbons (Fsp3) is 0.346. The van der Waals surface area contributed by atoms with Crippen LogP contribution in [-0.4, -0.2) is 65.5 Å². The van der Waals surface area contributed by atoms with E-state index in [1.807, 2.05) is 53.4 Å². The molecular weight excluding hydrogens is 418 g/mol. The van der Waals surface area contributed by atoms with Crippen molar-refractivity contribution in [2.75, 3.05) is 32.8 Å². The molecule has 2 saturated heterocycles. The SMILES string of the molecule is O=C(c1ccc(OCc2ccc3ccccc3n2)cc1)N1CCN(C(=O)C2CCCO2)CC1. The third-order valence-electron chi connectivity index (χ3n) is 6.23. The first-order chi connectivity index (χ1) is 16.2. The number of piperazine rings is 1. The molecule has 1 atom stereocenters. The third-order valence-corrected chi connectivity index (χ3v) is 6.23. The molecule has 0 spiro atoms. The number of aromatic nitrogens is 1. The highest BCUT2D eigenvalue weighted by Gasteiger charge is 2.31. The molecule has 2 fully saturated rings. The number of pyridine rings is 1. The van der Waals surface area contributed by atoms with Gasteiger partial charge < -0.3 is 19.3 Å². The van der Waals surface area contributed by atoms with Gasteiger partial charge in [-0.1, -0.05) is 24.3 Å². The average molecular weight is 446 g/mol. The summed E-state index contributed by atoms with van der Waals surface area (Å²) in [7, 11) is 0. The van der Waals surface area contributed by atoms with Gasteiger partial charge >= 0.3 is 0 Å². The summed E-state index contributed by atoms with van der Waals surface area (Å²) in [5.74, 6) is 0.720. The molecule has 7 heteroatoms. The van der Waals surface area contributed by atoms with Gasteiger partial charge in [0.2, 0.25) is 0 Å². The summed E-state index contributed by atoms with van der Waals surface area (Å²) in [5.41, 5.74) is 2.41. The Bertz CT molecular complexity index is 1130. The highest BCUT2D eigenvalue weighted by atomic mass is 16.5. The van der Waals surface area contributed by atoms with E-state index in [0.29, 0.717) is 50.7 Å². The molecule has 0 N–H and O–H groups in total. The summed E-state index contributed by atoms with van der Waals surface area (Å²) in [6.45, 7) is 3.17. The number of hydrogen-bond acceptors (Lipinski definition) is 5. The smallest absolute Gasteiger partial charge is 0.253 e. The molecule has 5 rings (SSSR count). The topological polar surface area (TPSA) is 72.0 Å². The standard InChI is InChI=1S/C26H27N3O4/c30-25(28-13-15-29(16-14-28)26(31)24-6-3-17-32-24)20-8-11-22(12-9-20)33-18-21-10-7-19-4-1-2-5-23(19)27-21/h1-2,4-5,7-12,24H,3,6,13-18H2. The lowest BCUT2D eigenvalue weighted by atomic mass is 10.1. The fourth-order valence-corrected chi connectivity index (χ4v) is 4.33. The first kappa shape index (κ1) is 21.4. The predicted octanol–water partition coefficient (Wildman–Crippen LogP) is 3.28. The number of benzene rings is 2. The van der Waals surface area contributed by atoms with Crippen molar-refractivity contribution in [2.24, 2.45) is 0 Å². The zero-order valence-electron chi connectivity index (χ0n) is 18.5. The number of carbonyl (C=O) groups is 2. The van der Waals surface area contributed by atoms with Gasteiger partial charge in [0.15, 0.2) is 0 Å². The van der Waals surface area contributed by atoms with Crippen LogP contribution in [0.25, 0.3) is 10.9 Å². The van der Waals surface area contributed by atoms with Crippen molar-refractivity contribution in [1.29, 1.82) is 0 Å². The summed E-state index contributed by atoms with van der Waals surface area (Å²) in [5, 5.41) is 1.10. The van der Waals surface area contributed by atoms with Gasteiger partial charge in [0.1, 0.15) is 18.5 Å². The van der Waals surface area contributed by atoms with Crippen molar-refractivity contribution < 1.29 is 19.1 Å². The van der Waals surface area contributed by atoms with Gasteiger partial charge in [0.05, 0.1) is 11.2 Å². The monoisotopic (exact) mass is 445 g/mol. The lowest BCUT2D eigenvalue weighted by Gasteiger charge is -2.35. The molecule has 0 aliphatic carbocycles. The van der Waals surface area contributed by atoms with Crippen LogP contribution < -0.4 is 4.74 Å². The molecule has 33 heavy (non-hydrogen) atoms. The quantitative estimate of drug-likeness (QED) is 0.603. The van der Waals surface area contributed by atoms with E-state index in [-0.39, 0.29) is 17.9 Å². The highest BCUT2D eigenvalue weighted by Crippen LogP contribution is 2.19. The molecule has 2 amide bonds. The van der Waals surface area contributed by atoms with Gasteiger partial charge in [0.25, 0.3) is 11.8 Å². The van der Waals surface area contributed by atoms with Crippen molar-refractivity contribution in [3.63, 3.8) is 0 Å². The zero-order chi connectivity index (χ0) is 22.6. The van der Waals surface area contributed by atoms with E-state index in [2.05, 4.69) is 4.98 Å². The molecule has 0 saturated carbocycles. The minimum absolute atomic E-state index is 0.0260. The van der Waals surface area contributed by atoms with Gasteiger partial charge in [-0.25, -0.2) is 4.98 Å². The number of fused-ring (bicyclic) bond motifs is 1. The average Bonchev–Trinajstić information content (AvgIpc) is 3.42. The van der Waals surface area contributed by atoms with Gasteiger partial charge in [0, 0.05) is 43.7 Å². The van der Waals surface area contributed by atoms with E-state index in [1.165, 1.54) is 0 Å². The first-order valence-electron chi connectivity index (χ1n) is 11.4. The summed E-state index contributed by atoms with van der Waals surface area (Å²) in [4.78, 5) is 33.6. The summed E-state index contributed by atoms with van der Waals surface area (Å²) >= 11 is 0. The van der Waals surface area contributed by atoms with E-state index < -0.39 is 0 Å². The van der Waals surface area contributed by atoms with Crippen LogP contribution in [0.5, 0.6) is 5.75 Å². The van der Waals surface area contributed by atoms with Gasteiger partial charge in [-0.05, 0) is 49.2 Å². The lowest BCUT2D eigenvalue weighted by molar-refractivity contribution is -0.142. The second kappa shape index (κ2) is 9.58. The molecule has 2 aliphatic heterocycles. The number of ether oxygens (including phenoxy) is 2. The Kier molecular flexibility index (Phi) is 6.21. The highest BCUT2D eigenvalue weighted by molar-refractivity contribution is 5.94. The van der Waals surface area contributed by atoms with E-state index in [9.17, 15) is 9.59 Å². The molecule has 7 nitrogen and oxygen atoms in total. The maximum Gasteiger partial charge on any atom is 0.253 e. The number of carbonyl (C=O) groups excluding carboxylic acids is 2. The van der Waals surface area contributed by atoms with Gasteiger partial charge in [-0.15, -0.1) is 0 Å². The normalized spacial score (nSPS) is 18.5. The Morgan fingerprint density at radius 2 is 1.70 bits per heavy atom. The van der Waals surface area contributed by atoms with Gasteiger partial charge in [-0.2, -0.15) is 0 Å². The van der Waals surface area contributed by atoms with Crippen LogP contribution in [0.1, 0.15) is 28.9 Å². The first-order valence-corrected chi connectivity index (χ1v) is 11.4. The number of hydrogen-bond donors (Lipinski definition) is 0. The number of amides is 2. The summed E-state index contributed by atoms with van der Waals surface area (Å²) in [6, 6.07) is 19.2. The fourth-order valence-electron chi connectivity index (χ4n) is 4.33. The maximum atomic E-state index is 12.9. The van der Waals surface area contributed by atoms with Crippen LogP contribution >= 0.6 is 0 Å². The van der Waals surface area contributed by atoms with Crippen LogP contribution in [-0.2, 0) is 16.1 Å². The van der Waals surface area contributed by atoms with E-state index >= 15 is 0 Å². The predicted molar refractivity (Wildman–Crippen MR) is 124 cm³/mol.